The molecular weight excluding hydrogens is 248 g/mol. The van der Waals surface area contributed by atoms with Crippen molar-refractivity contribution in [3.63, 3.8) is 0 Å². The third kappa shape index (κ3) is 2.43. The molecule has 2 aromatic rings. The van der Waals surface area contributed by atoms with Gasteiger partial charge in [0, 0.05) is 0 Å². The van der Waals surface area contributed by atoms with Crippen LogP contribution in [0, 0.1) is 0 Å². The fraction of sp³-hybridized carbons (Fsp3) is 0.167. The predicted octanol–water partition coefficient (Wildman–Crippen LogP) is 3.80. The Balaban J connectivity index is 1.71. The molecular formula is C18H16O2. The molecule has 0 N–H and O–H groups in total. The third-order valence-corrected chi connectivity index (χ3v) is 3.62. The maximum atomic E-state index is 12.3. The lowest BCUT2D eigenvalue weighted by molar-refractivity contribution is -0.118. The SMILES string of the molecule is CC1(C(=O)C=Cc2ccccc2)OC1c1ccccc1. The van der Waals surface area contributed by atoms with Crippen LogP contribution in [0.3, 0.4) is 0 Å². The summed E-state index contributed by atoms with van der Waals surface area (Å²) in [7, 11) is 0. The van der Waals surface area contributed by atoms with E-state index in [2.05, 4.69) is 0 Å². The zero-order valence-electron chi connectivity index (χ0n) is 11.3. The van der Waals surface area contributed by atoms with Gasteiger partial charge in [-0.05, 0) is 24.1 Å². The number of hydrogen-bond donors (Lipinski definition) is 0. The number of carbonyl (C=O) groups excluding carboxylic acids is 1. The van der Waals surface area contributed by atoms with E-state index in [-0.39, 0.29) is 11.9 Å². The second kappa shape index (κ2) is 5.06. The Morgan fingerprint density at radius 1 is 1.05 bits per heavy atom. The van der Waals surface area contributed by atoms with E-state index < -0.39 is 5.60 Å². The quantitative estimate of drug-likeness (QED) is 0.621. The standard InChI is InChI=1S/C18H16O2/c1-18(17(20-18)15-10-6-3-7-11-15)16(19)13-12-14-8-4-2-5-9-14/h2-13,17H,1H3. The molecule has 1 aliphatic heterocycles. The van der Waals surface area contributed by atoms with Crippen LogP contribution in [0.15, 0.2) is 66.7 Å². The molecule has 20 heavy (non-hydrogen) atoms. The van der Waals surface area contributed by atoms with Crippen molar-refractivity contribution in [2.45, 2.75) is 18.6 Å². The highest BCUT2D eigenvalue weighted by Crippen LogP contribution is 2.50. The summed E-state index contributed by atoms with van der Waals surface area (Å²) >= 11 is 0. The molecule has 1 aliphatic rings. The molecule has 2 heteroatoms. The van der Waals surface area contributed by atoms with Crippen molar-refractivity contribution in [3.8, 4) is 0 Å². The zero-order valence-corrected chi connectivity index (χ0v) is 11.3. The van der Waals surface area contributed by atoms with Gasteiger partial charge in [-0.2, -0.15) is 0 Å². The van der Waals surface area contributed by atoms with Crippen molar-refractivity contribution in [2.24, 2.45) is 0 Å². The van der Waals surface area contributed by atoms with Crippen molar-refractivity contribution >= 4 is 11.9 Å². The van der Waals surface area contributed by atoms with Crippen LogP contribution in [0.4, 0.5) is 0 Å². The minimum atomic E-state index is -0.716. The molecule has 2 unspecified atom stereocenters. The molecule has 0 radical (unpaired) electrons. The molecule has 1 heterocycles. The van der Waals surface area contributed by atoms with Crippen LogP contribution in [0.1, 0.15) is 24.2 Å². The van der Waals surface area contributed by atoms with E-state index >= 15 is 0 Å². The maximum absolute atomic E-state index is 12.3. The number of epoxide rings is 1. The lowest BCUT2D eigenvalue weighted by Crippen LogP contribution is -2.18. The monoisotopic (exact) mass is 264 g/mol. The summed E-state index contributed by atoms with van der Waals surface area (Å²) < 4.78 is 5.64. The minimum Gasteiger partial charge on any atom is -0.353 e. The molecule has 2 atom stereocenters. The third-order valence-electron chi connectivity index (χ3n) is 3.62. The topological polar surface area (TPSA) is 29.6 Å². The molecule has 2 nitrogen and oxygen atoms in total. The molecule has 0 aromatic heterocycles. The summed E-state index contributed by atoms with van der Waals surface area (Å²) in [4.78, 5) is 12.3. The number of benzene rings is 2. The van der Waals surface area contributed by atoms with Gasteiger partial charge in [-0.1, -0.05) is 66.7 Å². The average molecular weight is 264 g/mol. The number of hydrogen-bond acceptors (Lipinski definition) is 2. The lowest BCUT2D eigenvalue weighted by atomic mass is 9.96. The average Bonchev–Trinajstić information content (AvgIpc) is 3.20. The van der Waals surface area contributed by atoms with Crippen LogP contribution in [-0.4, -0.2) is 11.4 Å². The molecule has 2 aromatic carbocycles. The summed E-state index contributed by atoms with van der Waals surface area (Å²) in [6.45, 7) is 1.85. The molecule has 1 fully saturated rings. The lowest BCUT2D eigenvalue weighted by Gasteiger charge is -2.01. The summed E-state index contributed by atoms with van der Waals surface area (Å²) in [6, 6.07) is 19.6. The van der Waals surface area contributed by atoms with E-state index in [4.69, 9.17) is 4.74 Å². The molecule has 0 bridgehead atoms. The smallest absolute Gasteiger partial charge is 0.190 e. The molecule has 3 rings (SSSR count). The van der Waals surface area contributed by atoms with E-state index in [1.54, 1.807) is 6.08 Å². The summed E-state index contributed by atoms with van der Waals surface area (Å²) in [5.74, 6) is 0.00945. The van der Waals surface area contributed by atoms with Gasteiger partial charge in [-0.25, -0.2) is 0 Å². The van der Waals surface area contributed by atoms with Gasteiger partial charge in [0.05, 0.1) is 0 Å². The second-order valence-electron chi connectivity index (χ2n) is 5.12. The van der Waals surface area contributed by atoms with Gasteiger partial charge in [0.15, 0.2) is 11.4 Å². The van der Waals surface area contributed by atoms with E-state index in [1.807, 2.05) is 73.7 Å². The number of ether oxygens (including phenoxy) is 1. The van der Waals surface area contributed by atoms with Gasteiger partial charge in [0.2, 0.25) is 0 Å². The highest BCUT2D eigenvalue weighted by molar-refractivity contribution is 6.02. The van der Waals surface area contributed by atoms with Crippen LogP contribution < -0.4 is 0 Å². The van der Waals surface area contributed by atoms with Crippen LogP contribution in [0.25, 0.3) is 6.08 Å². The van der Waals surface area contributed by atoms with Crippen molar-refractivity contribution in [3.05, 3.63) is 77.9 Å². The Morgan fingerprint density at radius 3 is 2.30 bits per heavy atom. The van der Waals surface area contributed by atoms with Crippen LogP contribution >= 0.6 is 0 Å². The zero-order chi connectivity index (χ0) is 14.0. The summed E-state index contributed by atoms with van der Waals surface area (Å²) in [6.07, 6.45) is 3.31. The van der Waals surface area contributed by atoms with Crippen LogP contribution in [0.2, 0.25) is 0 Å². The first-order valence-electron chi connectivity index (χ1n) is 6.70. The number of carbonyl (C=O) groups is 1. The Kier molecular flexibility index (Phi) is 3.25. The first kappa shape index (κ1) is 12.8. The Bertz CT molecular complexity index is 631. The summed E-state index contributed by atoms with van der Waals surface area (Å²) in [5.41, 5.74) is 1.35. The first-order valence-corrected chi connectivity index (χ1v) is 6.70. The molecule has 1 saturated heterocycles. The van der Waals surface area contributed by atoms with Crippen LogP contribution in [-0.2, 0) is 9.53 Å². The normalized spacial score (nSPS) is 24.8. The Morgan fingerprint density at radius 2 is 1.65 bits per heavy atom. The van der Waals surface area contributed by atoms with Gasteiger partial charge < -0.3 is 4.74 Å². The first-order chi connectivity index (χ1) is 9.70. The highest BCUT2D eigenvalue weighted by Gasteiger charge is 2.57. The number of ketones is 1. The molecule has 0 spiro atoms. The van der Waals surface area contributed by atoms with Gasteiger partial charge in [0.25, 0.3) is 0 Å². The van der Waals surface area contributed by atoms with E-state index in [0.717, 1.165) is 11.1 Å². The van der Waals surface area contributed by atoms with Crippen molar-refractivity contribution < 1.29 is 9.53 Å². The maximum Gasteiger partial charge on any atom is 0.190 e. The van der Waals surface area contributed by atoms with Gasteiger partial charge in [0.1, 0.15) is 6.10 Å². The predicted molar refractivity (Wildman–Crippen MR) is 79.2 cm³/mol. The van der Waals surface area contributed by atoms with E-state index in [0.29, 0.717) is 0 Å². The minimum absolute atomic E-state index is 0.00945. The highest BCUT2D eigenvalue weighted by atomic mass is 16.6. The number of rotatable bonds is 4. The van der Waals surface area contributed by atoms with E-state index in [9.17, 15) is 4.79 Å². The largest absolute Gasteiger partial charge is 0.353 e. The van der Waals surface area contributed by atoms with Crippen molar-refractivity contribution in [1.82, 2.24) is 0 Å². The van der Waals surface area contributed by atoms with Gasteiger partial charge >= 0.3 is 0 Å². The Labute approximate surface area is 118 Å². The molecule has 100 valence electrons. The molecule has 0 amide bonds. The van der Waals surface area contributed by atoms with Gasteiger partial charge in [-0.3, -0.25) is 4.79 Å². The van der Waals surface area contributed by atoms with Crippen molar-refractivity contribution in [1.29, 1.82) is 0 Å². The van der Waals surface area contributed by atoms with Crippen molar-refractivity contribution in [2.75, 3.05) is 0 Å². The van der Waals surface area contributed by atoms with Crippen LogP contribution in [0.5, 0.6) is 0 Å². The summed E-state index contributed by atoms with van der Waals surface area (Å²) in [5, 5.41) is 0. The fourth-order valence-electron chi connectivity index (χ4n) is 2.31. The van der Waals surface area contributed by atoms with Gasteiger partial charge in [-0.15, -0.1) is 0 Å². The van der Waals surface area contributed by atoms with E-state index in [1.165, 1.54) is 0 Å². The molecule has 0 saturated carbocycles. The Hall–Kier alpha value is -2.19. The fourth-order valence-corrected chi connectivity index (χ4v) is 2.31. The molecule has 0 aliphatic carbocycles. The second-order valence-corrected chi connectivity index (χ2v) is 5.12.